The number of aromatic nitrogens is 4. The van der Waals surface area contributed by atoms with E-state index in [0.29, 0.717) is 36.2 Å². The van der Waals surface area contributed by atoms with Gasteiger partial charge in [0.1, 0.15) is 6.07 Å². The molecule has 0 unspecified atom stereocenters. The van der Waals surface area contributed by atoms with Crippen LogP contribution in [0.5, 0.6) is 0 Å². The van der Waals surface area contributed by atoms with Crippen molar-refractivity contribution in [2.75, 3.05) is 18.5 Å². The molecule has 0 aliphatic carbocycles. The van der Waals surface area contributed by atoms with Gasteiger partial charge in [-0.2, -0.15) is 10.2 Å². The Morgan fingerprint density at radius 2 is 2.10 bits per heavy atom. The fraction of sp³-hybridized carbons (Fsp3) is 0.462. The molecule has 2 aromatic rings. The molecule has 0 aliphatic heterocycles. The van der Waals surface area contributed by atoms with Crippen LogP contribution in [0.25, 0.3) is 0 Å². The van der Waals surface area contributed by atoms with E-state index in [0.717, 1.165) is 0 Å². The molecule has 2 rings (SSSR count). The molecule has 0 amide bonds. The molecule has 20 heavy (non-hydrogen) atoms. The topological polar surface area (TPSA) is 91.7 Å². The van der Waals surface area contributed by atoms with Crippen molar-refractivity contribution >= 4 is 5.82 Å². The van der Waals surface area contributed by atoms with Gasteiger partial charge < -0.3 is 9.42 Å². The van der Waals surface area contributed by atoms with Crippen molar-refractivity contribution in [3.05, 3.63) is 29.8 Å². The summed E-state index contributed by atoms with van der Waals surface area (Å²) >= 11 is 0. The maximum absolute atomic E-state index is 9.00. The second-order valence-electron chi connectivity index (χ2n) is 4.72. The maximum atomic E-state index is 9.00. The molecule has 0 spiro atoms. The summed E-state index contributed by atoms with van der Waals surface area (Å²) in [5, 5.41) is 12.9. The van der Waals surface area contributed by atoms with Gasteiger partial charge in [0.25, 0.3) is 0 Å². The molecular formula is C13H16N6O. The number of hydrogen-bond acceptors (Lipinski definition) is 7. The third-order valence-corrected chi connectivity index (χ3v) is 2.79. The number of likely N-dealkylation sites (N-methyl/N-ethyl adjacent to an activating group) is 1. The molecule has 0 aliphatic rings. The molecule has 0 atom stereocenters. The highest BCUT2D eigenvalue weighted by molar-refractivity contribution is 5.48. The molecule has 104 valence electrons. The van der Waals surface area contributed by atoms with Crippen molar-refractivity contribution in [1.82, 2.24) is 20.1 Å². The minimum Gasteiger partial charge on any atom is -0.357 e. The first-order valence-electron chi connectivity index (χ1n) is 6.36. The summed E-state index contributed by atoms with van der Waals surface area (Å²) in [7, 11) is 1.86. The number of nitriles is 1. The second kappa shape index (κ2) is 6.10. The Morgan fingerprint density at radius 1 is 1.35 bits per heavy atom. The lowest BCUT2D eigenvalue weighted by Gasteiger charge is -2.17. The molecule has 0 saturated carbocycles. The molecule has 0 saturated heterocycles. The highest BCUT2D eigenvalue weighted by atomic mass is 16.5. The van der Waals surface area contributed by atoms with Crippen LogP contribution in [0.4, 0.5) is 5.82 Å². The molecule has 2 aromatic heterocycles. The lowest BCUT2D eigenvalue weighted by Crippen LogP contribution is -2.23. The van der Waals surface area contributed by atoms with Gasteiger partial charge in [0.2, 0.25) is 5.89 Å². The lowest BCUT2D eigenvalue weighted by molar-refractivity contribution is 0.360. The molecule has 2 heterocycles. The summed E-state index contributed by atoms with van der Waals surface area (Å²) in [6.45, 7) is 4.63. The predicted octanol–water partition coefficient (Wildman–Crippen LogP) is 1.53. The first-order valence-corrected chi connectivity index (χ1v) is 6.36. The van der Waals surface area contributed by atoms with Crippen LogP contribution in [0.15, 0.2) is 16.9 Å². The van der Waals surface area contributed by atoms with E-state index in [9.17, 15) is 0 Å². The van der Waals surface area contributed by atoms with Gasteiger partial charge in [-0.05, 0) is 0 Å². The van der Waals surface area contributed by atoms with E-state index in [4.69, 9.17) is 9.78 Å². The van der Waals surface area contributed by atoms with Gasteiger partial charge in [-0.3, -0.25) is 0 Å². The van der Waals surface area contributed by atoms with Gasteiger partial charge in [0.05, 0.1) is 0 Å². The van der Waals surface area contributed by atoms with Crippen LogP contribution in [0.1, 0.15) is 37.2 Å². The third kappa shape index (κ3) is 3.09. The van der Waals surface area contributed by atoms with Crippen molar-refractivity contribution in [3.8, 4) is 6.07 Å². The summed E-state index contributed by atoms with van der Waals surface area (Å²) in [6.07, 6.45) is 3.69. The fourth-order valence-electron chi connectivity index (χ4n) is 1.67. The van der Waals surface area contributed by atoms with Crippen LogP contribution in [-0.2, 0) is 6.42 Å². The highest BCUT2D eigenvalue weighted by Crippen LogP contribution is 2.14. The summed E-state index contributed by atoms with van der Waals surface area (Å²) in [5.74, 6) is 2.07. The zero-order valence-electron chi connectivity index (χ0n) is 11.7. The van der Waals surface area contributed by atoms with Crippen molar-refractivity contribution < 1.29 is 4.52 Å². The average molecular weight is 272 g/mol. The molecule has 0 bridgehead atoms. The lowest BCUT2D eigenvalue weighted by atomic mass is 10.2. The Labute approximate surface area is 117 Å². The van der Waals surface area contributed by atoms with E-state index >= 15 is 0 Å². The first kappa shape index (κ1) is 13.9. The van der Waals surface area contributed by atoms with Gasteiger partial charge in [0, 0.05) is 38.3 Å². The van der Waals surface area contributed by atoms with E-state index in [2.05, 4.69) is 20.1 Å². The van der Waals surface area contributed by atoms with Crippen molar-refractivity contribution in [1.29, 1.82) is 5.26 Å². The van der Waals surface area contributed by atoms with Crippen molar-refractivity contribution in [2.45, 2.75) is 26.2 Å². The normalized spacial score (nSPS) is 10.6. The van der Waals surface area contributed by atoms with E-state index in [-0.39, 0.29) is 5.92 Å². The van der Waals surface area contributed by atoms with E-state index < -0.39 is 0 Å². The maximum Gasteiger partial charge on any atom is 0.229 e. The van der Waals surface area contributed by atoms with Gasteiger partial charge >= 0.3 is 0 Å². The van der Waals surface area contributed by atoms with Crippen LogP contribution < -0.4 is 4.90 Å². The van der Waals surface area contributed by atoms with Crippen LogP contribution in [0.3, 0.4) is 0 Å². The van der Waals surface area contributed by atoms with E-state index in [1.807, 2.05) is 31.9 Å². The minimum atomic E-state index is 0.221. The summed E-state index contributed by atoms with van der Waals surface area (Å²) < 4.78 is 5.15. The van der Waals surface area contributed by atoms with Crippen LogP contribution >= 0.6 is 0 Å². The fourth-order valence-corrected chi connectivity index (χ4v) is 1.67. The molecule has 7 nitrogen and oxygen atoms in total. The largest absolute Gasteiger partial charge is 0.357 e. The Balaban J connectivity index is 2.01. The summed E-state index contributed by atoms with van der Waals surface area (Å²) in [4.78, 5) is 14.3. The zero-order valence-corrected chi connectivity index (χ0v) is 11.7. The molecule has 0 N–H and O–H groups in total. The number of hydrogen-bond donors (Lipinski definition) is 0. The van der Waals surface area contributed by atoms with Crippen LogP contribution in [0.2, 0.25) is 0 Å². The average Bonchev–Trinajstić information content (AvgIpc) is 2.94. The van der Waals surface area contributed by atoms with Crippen LogP contribution in [0, 0.1) is 11.3 Å². The van der Waals surface area contributed by atoms with Gasteiger partial charge in [-0.15, -0.1) is 0 Å². The summed E-state index contributed by atoms with van der Waals surface area (Å²) in [5.41, 5.74) is 0.311. The van der Waals surface area contributed by atoms with Crippen LogP contribution in [-0.4, -0.2) is 33.7 Å². The Kier molecular flexibility index (Phi) is 4.25. The number of rotatable bonds is 5. The Bertz CT molecular complexity index is 615. The zero-order chi connectivity index (χ0) is 14.5. The quantitative estimate of drug-likeness (QED) is 0.815. The number of anilines is 1. The van der Waals surface area contributed by atoms with Gasteiger partial charge in [0.15, 0.2) is 17.3 Å². The first-order chi connectivity index (χ1) is 9.61. The standard InChI is InChI=1S/C13H16N6O/c1-9(2)13-17-11(18-20-13)4-7-19(3)12-10(8-14)15-5-6-16-12/h5-6,9H,4,7H2,1-3H3. The van der Waals surface area contributed by atoms with Crippen molar-refractivity contribution in [3.63, 3.8) is 0 Å². The molecular weight excluding hydrogens is 256 g/mol. The van der Waals surface area contributed by atoms with Gasteiger partial charge in [-0.25, -0.2) is 9.97 Å². The van der Waals surface area contributed by atoms with E-state index in [1.54, 1.807) is 6.20 Å². The minimum absolute atomic E-state index is 0.221. The van der Waals surface area contributed by atoms with Crippen molar-refractivity contribution in [2.24, 2.45) is 0 Å². The number of nitrogens with zero attached hydrogens (tertiary/aromatic N) is 6. The van der Waals surface area contributed by atoms with Gasteiger partial charge in [-0.1, -0.05) is 19.0 Å². The Morgan fingerprint density at radius 3 is 2.75 bits per heavy atom. The monoisotopic (exact) mass is 272 g/mol. The second-order valence-corrected chi connectivity index (χ2v) is 4.72. The smallest absolute Gasteiger partial charge is 0.229 e. The highest BCUT2D eigenvalue weighted by Gasteiger charge is 2.13. The Hall–Kier alpha value is -2.49. The third-order valence-electron chi connectivity index (χ3n) is 2.79. The molecule has 0 aromatic carbocycles. The molecule has 0 radical (unpaired) electrons. The SMILES string of the molecule is CC(C)c1nc(CCN(C)c2nccnc2C#N)no1. The molecule has 0 fully saturated rings. The molecule has 7 heteroatoms. The summed E-state index contributed by atoms with van der Waals surface area (Å²) in [6, 6.07) is 2.03. The predicted molar refractivity (Wildman–Crippen MR) is 72.1 cm³/mol. The van der Waals surface area contributed by atoms with E-state index in [1.165, 1.54) is 6.20 Å².